The molecule has 2 nitrogen and oxygen atoms in total. The summed E-state index contributed by atoms with van der Waals surface area (Å²) in [6, 6.07) is 26.5. The standard InChI is InChI=1S/C43H58O2/c1-4-5-6-7-8-9-10-11-12-13-14-15-16-17-21-24-43(45-35-38-27-30-39(31-28-38)36(2)3)41-32-25-37(26-33-41)29-34-42(44)40-22-19-18-20-23-40/h18-20,22-23,25-34,43H,2,4-17,21,24,35H2,1,3H3. The predicted octanol–water partition coefficient (Wildman–Crippen LogP) is 13.1. The minimum Gasteiger partial charge on any atom is -0.369 e. The summed E-state index contributed by atoms with van der Waals surface area (Å²) in [7, 11) is 0. The Morgan fingerprint density at radius 2 is 1.20 bits per heavy atom. The van der Waals surface area contributed by atoms with Crippen LogP contribution in [0.4, 0.5) is 0 Å². The van der Waals surface area contributed by atoms with Gasteiger partial charge >= 0.3 is 0 Å². The van der Waals surface area contributed by atoms with Crippen molar-refractivity contribution in [2.45, 2.75) is 129 Å². The maximum atomic E-state index is 12.5. The Kier molecular flexibility index (Phi) is 18.0. The number of allylic oxidation sites excluding steroid dienone is 2. The van der Waals surface area contributed by atoms with Crippen LogP contribution in [0.15, 0.2) is 91.5 Å². The summed E-state index contributed by atoms with van der Waals surface area (Å²) < 4.78 is 6.54. The van der Waals surface area contributed by atoms with Gasteiger partial charge < -0.3 is 4.74 Å². The topological polar surface area (TPSA) is 26.3 Å². The smallest absolute Gasteiger partial charge is 0.185 e. The molecule has 0 amide bonds. The Bertz CT molecular complexity index is 1240. The number of carbonyl (C=O) groups is 1. The monoisotopic (exact) mass is 606 g/mol. The third-order valence-electron chi connectivity index (χ3n) is 8.76. The van der Waals surface area contributed by atoms with Crippen molar-refractivity contribution in [3.05, 3.63) is 119 Å². The lowest BCUT2D eigenvalue weighted by atomic mass is 9.99. The number of ketones is 1. The normalized spacial score (nSPS) is 12.0. The summed E-state index contributed by atoms with van der Waals surface area (Å²) >= 11 is 0. The SMILES string of the molecule is C=C(C)c1ccc(COC(CCCCCCCCCCCCCCCCC)c2ccc(C=CC(=O)c3ccccc3)cc2)cc1. The van der Waals surface area contributed by atoms with Gasteiger partial charge in [0, 0.05) is 5.56 Å². The van der Waals surface area contributed by atoms with Gasteiger partial charge in [-0.1, -0.05) is 200 Å². The second-order valence-corrected chi connectivity index (χ2v) is 12.7. The van der Waals surface area contributed by atoms with E-state index in [1.165, 1.54) is 113 Å². The molecule has 3 aromatic carbocycles. The number of ether oxygens (including phenoxy) is 1. The summed E-state index contributed by atoms with van der Waals surface area (Å²) in [5.41, 5.74) is 6.35. The van der Waals surface area contributed by atoms with Crippen molar-refractivity contribution in [2.75, 3.05) is 0 Å². The molecule has 0 fully saturated rings. The lowest BCUT2D eigenvalue weighted by molar-refractivity contribution is 0.0321. The molecule has 0 saturated carbocycles. The van der Waals surface area contributed by atoms with Crippen LogP contribution in [0.25, 0.3) is 11.6 Å². The van der Waals surface area contributed by atoms with Crippen LogP contribution in [0, 0.1) is 0 Å². The summed E-state index contributed by atoms with van der Waals surface area (Å²) in [6.45, 7) is 8.97. The zero-order valence-corrected chi connectivity index (χ0v) is 28.3. The summed E-state index contributed by atoms with van der Waals surface area (Å²) in [6.07, 6.45) is 25.2. The third-order valence-corrected chi connectivity index (χ3v) is 8.76. The third kappa shape index (κ3) is 15.1. The molecule has 0 radical (unpaired) electrons. The molecule has 0 aliphatic carbocycles. The molecule has 1 unspecified atom stereocenters. The molecule has 0 aliphatic rings. The minimum atomic E-state index is 0.0201. The molecule has 0 N–H and O–H groups in total. The van der Waals surface area contributed by atoms with Crippen LogP contribution in [0.1, 0.15) is 155 Å². The fourth-order valence-electron chi connectivity index (χ4n) is 5.82. The molecule has 0 spiro atoms. The first kappa shape index (κ1) is 36.2. The summed E-state index contributed by atoms with van der Waals surface area (Å²) in [4.78, 5) is 12.5. The highest BCUT2D eigenvalue weighted by molar-refractivity contribution is 6.06. The van der Waals surface area contributed by atoms with Gasteiger partial charge in [0.05, 0.1) is 12.7 Å². The average molecular weight is 607 g/mol. The molecule has 1 atom stereocenters. The number of unbranched alkanes of at least 4 members (excludes halogenated alkanes) is 14. The Morgan fingerprint density at radius 1 is 0.667 bits per heavy atom. The van der Waals surface area contributed by atoms with Gasteiger partial charge in [0.2, 0.25) is 0 Å². The minimum absolute atomic E-state index is 0.0201. The molecule has 3 aromatic rings. The molecule has 0 bridgehead atoms. The van der Waals surface area contributed by atoms with Crippen LogP contribution in [0.3, 0.4) is 0 Å². The van der Waals surface area contributed by atoms with E-state index in [0.29, 0.717) is 12.2 Å². The molecule has 3 rings (SSSR count). The summed E-state index contributed by atoms with van der Waals surface area (Å²) in [5, 5.41) is 0. The first-order valence-electron chi connectivity index (χ1n) is 17.8. The van der Waals surface area contributed by atoms with Gasteiger partial charge in [0.15, 0.2) is 5.78 Å². The van der Waals surface area contributed by atoms with Crippen molar-refractivity contribution < 1.29 is 9.53 Å². The van der Waals surface area contributed by atoms with E-state index in [0.717, 1.165) is 17.6 Å². The number of carbonyl (C=O) groups excluding carboxylic acids is 1. The molecular formula is C43H58O2. The predicted molar refractivity (Wildman–Crippen MR) is 194 cm³/mol. The first-order chi connectivity index (χ1) is 22.1. The van der Waals surface area contributed by atoms with Crippen LogP contribution in [-0.4, -0.2) is 5.78 Å². The molecule has 0 saturated heterocycles. The van der Waals surface area contributed by atoms with Crippen LogP contribution < -0.4 is 0 Å². The second-order valence-electron chi connectivity index (χ2n) is 12.7. The van der Waals surface area contributed by atoms with Gasteiger partial charge in [-0.2, -0.15) is 0 Å². The highest BCUT2D eigenvalue weighted by atomic mass is 16.5. The van der Waals surface area contributed by atoms with Gasteiger partial charge in [-0.3, -0.25) is 4.79 Å². The fraction of sp³-hybridized carbons (Fsp3) is 0.465. The Hall–Kier alpha value is -3.23. The highest BCUT2D eigenvalue weighted by Gasteiger charge is 2.13. The van der Waals surface area contributed by atoms with Crippen LogP contribution >= 0.6 is 0 Å². The van der Waals surface area contributed by atoms with E-state index in [1.54, 1.807) is 6.08 Å². The molecule has 0 aliphatic heterocycles. The maximum absolute atomic E-state index is 12.5. The zero-order chi connectivity index (χ0) is 32.0. The molecule has 0 aromatic heterocycles. The van der Waals surface area contributed by atoms with E-state index in [4.69, 9.17) is 4.74 Å². The van der Waals surface area contributed by atoms with Gasteiger partial charge in [0.1, 0.15) is 0 Å². The number of benzene rings is 3. The number of hydrogen-bond acceptors (Lipinski definition) is 2. The molecule has 242 valence electrons. The van der Waals surface area contributed by atoms with Gasteiger partial charge in [-0.05, 0) is 41.7 Å². The van der Waals surface area contributed by atoms with Gasteiger partial charge in [-0.15, -0.1) is 0 Å². The van der Waals surface area contributed by atoms with Crippen molar-refractivity contribution >= 4 is 17.4 Å². The lowest BCUT2D eigenvalue weighted by Gasteiger charge is -2.19. The Morgan fingerprint density at radius 3 is 1.73 bits per heavy atom. The quantitative estimate of drug-likeness (QED) is 0.0576. The Balaban J connectivity index is 1.43. The Labute approximate surface area is 275 Å². The largest absolute Gasteiger partial charge is 0.369 e. The van der Waals surface area contributed by atoms with E-state index in [1.807, 2.05) is 43.3 Å². The van der Waals surface area contributed by atoms with E-state index in [2.05, 4.69) is 62.0 Å². The molecule has 0 heterocycles. The van der Waals surface area contributed by atoms with E-state index < -0.39 is 0 Å². The zero-order valence-electron chi connectivity index (χ0n) is 28.3. The van der Waals surface area contributed by atoms with E-state index in [9.17, 15) is 4.79 Å². The van der Waals surface area contributed by atoms with Crippen LogP contribution in [0.5, 0.6) is 0 Å². The number of hydrogen-bond donors (Lipinski definition) is 0. The van der Waals surface area contributed by atoms with Gasteiger partial charge in [0.25, 0.3) is 0 Å². The summed E-state index contributed by atoms with van der Waals surface area (Å²) in [5.74, 6) is 0.0201. The average Bonchev–Trinajstić information content (AvgIpc) is 3.07. The van der Waals surface area contributed by atoms with Gasteiger partial charge in [-0.25, -0.2) is 0 Å². The molecule has 2 heteroatoms. The van der Waals surface area contributed by atoms with Crippen molar-refractivity contribution in [1.29, 1.82) is 0 Å². The fourth-order valence-corrected chi connectivity index (χ4v) is 5.82. The maximum Gasteiger partial charge on any atom is 0.185 e. The van der Waals surface area contributed by atoms with Crippen molar-refractivity contribution in [3.8, 4) is 0 Å². The van der Waals surface area contributed by atoms with E-state index >= 15 is 0 Å². The molecule has 45 heavy (non-hydrogen) atoms. The van der Waals surface area contributed by atoms with Crippen molar-refractivity contribution in [2.24, 2.45) is 0 Å². The lowest BCUT2D eigenvalue weighted by Crippen LogP contribution is -2.05. The van der Waals surface area contributed by atoms with Crippen molar-refractivity contribution in [1.82, 2.24) is 0 Å². The second kappa shape index (κ2) is 22.3. The number of rotatable bonds is 24. The van der Waals surface area contributed by atoms with Crippen LogP contribution in [0.2, 0.25) is 0 Å². The van der Waals surface area contributed by atoms with Crippen LogP contribution in [-0.2, 0) is 11.3 Å². The van der Waals surface area contributed by atoms with Crippen molar-refractivity contribution in [3.63, 3.8) is 0 Å². The highest BCUT2D eigenvalue weighted by Crippen LogP contribution is 2.27. The van der Waals surface area contributed by atoms with E-state index in [-0.39, 0.29) is 11.9 Å². The molecular weight excluding hydrogens is 548 g/mol. The first-order valence-corrected chi connectivity index (χ1v) is 17.8.